The molecule has 0 aliphatic carbocycles. The molecule has 0 bridgehead atoms. The van der Waals surface area contributed by atoms with Crippen LogP contribution in [0.5, 0.6) is 0 Å². The summed E-state index contributed by atoms with van der Waals surface area (Å²) in [6, 6.07) is 6.69. The molecule has 2 N–H and O–H groups in total. The molecule has 0 saturated carbocycles. The van der Waals surface area contributed by atoms with Gasteiger partial charge in [0.1, 0.15) is 11.6 Å². The number of hydrogen-bond acceptors (Lipinski definition) is 3. The first-order chi connectivity index (χ1) is 14.4. The van der Waals surface area contributed by atoms with E-state index in [0.29, 0.717) is 19.6 Å². The summed E-state index contributed by atoms with van der Waals surface area (Å²) in [5, 5.41) is 11.0. The fourth-order valence-electron chi connectivity index (χ4n) is 3.65. The van der Waals surface area contributed by atoms with E-state index in [0.717, 1.165) is 56.1 Å². The van der Waals surface area contributed by atoms with Crippen LogP contribution in [0.4, 0.5) is 4.39 Å². The largest absolute Gasteiger partial charge is 0.357 e. The number of nitrogens with one attached hydrogen (secondary N) is 2. The van der Waals surface area contributed by atoms with Crippen LogP contribution < -0.4 is 16.3 Å². The second-order valence-corrected chi connectivity index (χ2v) is 8.40. The zero-order chi connectivity index (χ0) is 21.6. The highest BCUT2D eigenvalue weighted by Crippen LogP contribution is 2.24. The summed E-state index contributed by atoms with van der Waals surface area (Å²) in [7, 11) is 0. The van der Waals surface area contributed by atoms with Crippen LogP contribution in [0.15, 0.2) is 34.1 Å². The Balaban J connectivity index is 1.54. The van der Waals surface area contributed by atoms with Crippen molar-refractivity contribution in [1.82, 2.24) is 25.0 Å². The number of nitrogens with zero attached hydrogens (tertiary/aromatic N) is 4. The molecule has 1 aromatic heterocycles. The molecular weight excluding hydrogens is 383 g/mol. The highest BCUT2D eigenvalue weighted by Gasteiger charge is 2.21. The molecule has 0 unspecified atom stereocenters. The average molecular weight is 417 g/mol. The number of aromatic nitrogens is 3. The predicted octanol–water partition coefficient (Wildman–Crippen LogP) is 2.44. The van der Waals surface area contributed by atoms with Gasteiger partial charge >= 0.3 is 5.69 Å². The minimum atomic E-state index is -0.284. The van der Waals surface area contributed by atoms with Gasteiger partial charge < -0.3 is 10.6 Å². The molecule has 1 aromatic carbocycles. The normalized spacial score (nSPS) is 14.5. The van der Waals surface area contributed by atoms with E-state index in [1.807, 2.05) is 13.0 Å². The van der Waals surface area contributed by atoms with Gasteiger partial charge in [-0.3, -0.25) is 9.56 Å². The highest BCUT2D eigenvalue weighted by atomic mass is 19.1. The topological polar surface area (TPSA) is 76.2 Å². The summed E-state index contributed by atoms with van der Waals surface area (Å²) in [6.45, 7) is 9.46. The van der Waals surface area contributed by atoms with E-state index >= 15 is 0 Å². The molecule has 0 amide bonds. The first kappa shape index (κ1) is 22.1. The maximum absolute atomic E-state index is 13.6. The van der Waals surface area contributed by atoms with Gasteiger partial charge in [0.25, 0.3) is 0 Å². The van der Waals surface area contributed by atoms with Gasteiger partial charge in [-0.2, -0.15) is 5.10 Å². The van der Waals surface area contributed by atoms with Crippen molar-refractivity contribution in [3.05, 3.63) is 52.0 Å². The molecule has 2 heterocycles. The Bertz CT molecular complexity index is 930. The van der Waals surface area contributed by atoms with Gasteiger partial charge in [-0.15, -0.1) is 0 Å². The Morgan fingerprint density at radius 1 is 1.30 bits per heavy atom. The minimum absolute atomic E-state index is 0.00196. The zero-order valence-corrected chi connectivity index (χ0v) is 18.2. The van der Waals surface area contributed by atoms with Crippen LogP contribution in [0.3, 0.4) is 0 Å². The molecule has 30 heavy (non-hydrogen) atoms. The maximum Gasteiger partial charge on any atom is 0.345 e. The molecule has 3 rings (SSSR count). The number of benzene rings is 1. The molecule has 164 valence electrons. The molecule has 1 aliphatic heterocycles. The molecule has 0 radical (unpaired) electrons. The second-order valence-electron chi connectivity index (χ2n) is 8.40. The zero-order valence-electron chi connectivity index (χ0n) is 18.2. The van der Waals surface area contributed by atoms with Crippen molar-refractivity contribution in [2.75, 3.05) is 19.6 Å². The molecule has 0 fully saturated rings. The lowest BCUT2D eigenvalue weighted by Gasteiger charge is -2.24. The van der Waals surface area contributed by atoms with Crippen LogP contribution in [0.1, 0.15) is 51.4 Å². The number of halogens is 1. The molecular formula is C22H33FN6O. The maximum atomic E-state index is 13.6. The summed E-state index contributed by atoms with van der Waals surface area (Å²) in [6.07, 6.45) is 3.81. The van der Waals surface area contributed by atoms with Gasteiger partial charge in [-0.25, -0.2) is 13.9 Å². The van der Waals surface area contributed by atoms with Crippen LogP contribution in [-0.4, -0.2) is 39.9 Å². The number of hydrogen-bond donors (Lipinski definition) is 2. The molecule has 7 nitrogen and oxygen atoms in total. The first-order valence-electron chi connectivity index (χ1n) is 10.9. The smallest absolute Gasteiger partial charge is 0.345 e. The fraction of sp³-hybridized carbons (Fsp3) is 0.591. The summed E-state index contributed by atoms with van der Waals surface area (Å²) in [5.41, 5.74) is 0.639. The monoisotopic (exact) mass is 416 g/mol. The van der Waals surface area contributed by atoms with Crippen molar-refractivity contribution < 1.29 is 4.39 Å². The second kappa shape index (κ2) is 9.91. The van der Waals surface area contributed by atoms with Crippen LogP contribution in [0, 0.1) is 5.82 Å². The summed E-state index contributed by atoms with van der Waals surface area (Å²) in [4.78, 5) is 17.1. The van der Waals surface area contributed by atoms with E-state index in [9.17, 15) is 9.18 Å². The molecule has 0 saturated heterocycles. The lowest BCUT2D eigenvalue weighted by atomic mass is 9.85. The third kappa shape index (κ3) is 5.49. The number of guanidine groups is 1. The summed E-state index contributed by atoms with van der Waals surface area (Å²) < 4.78 is 17.0. The Morgan fingerprint density at radius 2 is 2.13 bits per heavy atom. The fourth-order valence-corrected chi connectivity index (χ4v) is 3.65. The van der Waals surface area contributed by atoms with Crippen molar-refractivity contribution >= 4 is 5.96 Å². The molecule has 0 spiro atoms. The minimum Gasteiger partial charge on any atom is -0.357 e. The Morgan fingerprint density at radius 3 is 2.87 bits per heavy atom. The van der Waals surface area contributed by atoms with Crippen LogP contribution in [0.25, 0.3) is 0 Å². The van der Waals surface area contributed by atoms with E-state index in [1.165, 1.54) is 6.07 Å². The SMILES string of the molecule is CCNC(=NCC(C)(C)c1cccc(F)c1)NCCCn1nc2n(c1=O)CCCC2. The third-order valence-corrected chi connectivity index (χ3v) is 5.45. The van der Waals surface area contributed by atoms with Crippen molar-refractivity contribution in [2.24, 2.45) is 4.99 Å². The molecule has 1 aliphatic rings. The predicted molar refractivity (Wildman–Crippen MR) is 117 cm³/mol. The summed E-state index contributed by atoms with van der Waals surface area (Å²) >= 11 is 0. The van der Waals surface area contributed by atoms with Crippen molar-refractivity contribution in [3.63, 3.8) is 0 Å². The van der Waals surface area contributed by atoms with Crippen LogP contribution >= 0.6 is 0 Å². The van der Waals surface area contributed by atoms with Crippen LogP contribution in [0.2, 0.25) is 0 Å². The van der Waals surface area contributed by atoms with Gasteiger partial charge in [0.05, 0.1) is 6.54 Å². The van der Waals surface area contributed by atoms with Gasteiger partial charge in [0, 0.05) is 38.0 Å². The first-order valence-corrected chi connectivity index (χ1v) is 10.9. The lowest BCUT2D eigenvalue weighted by molar-refractivity contribution is 0.508. The Hall–Kier alpha value is -2.64. The number of aryl methyl sites for hydroxylation is 2. The van der Waals surface area contributed by atoms with Gasteiger partial charge in [0.15, 0.2) is 5.96 Å². The quantitative estimate of drug-likeness (QED) is 0.394. The number of aliphatic imine (C=N–C) groups is 1. The van der Waals surface area contributed by atoms with E-state index in [2.05, 4.69) is 29.6 Å². The third-order valence-electron chi connectivity index (χ3n) is 5.45. The Labute approximate surface area is 177 Å². The van der Waals surface area contributed by atoms with Crippen LogP contribution in [-0.2, 0) is 24.9 Å². The highest BCUT2D eigenvalue weighted by molar-refractivity contribution is 5.79. The van der Waals surface area contributed by atoms with Crippen molar-refractivity contribution in [2.45, 2.75) is 65.0 Å². The van der Waals surface area contributed by atoms with E-state index < -0.39 is 0 Å². The Kier molecular flexibility index (Phi) is 7.29. The summed E-state index contributed by atoms with van der Waals surface area (Å²) in [5.74, 6) is 1.40. The van der Waals surface area contributed by atoms with Crippen molar-refractivity contribution in [1.29, 1.82) is 0 Å². The average Bonchev–Trinajstić information content (AvgIpc) is 3.05. The number of fused-ring (bicyclic) bond motifs is 1. The van der Waals surface area contributed by atoms with E-state index in [4.69, 9.17) is 4.99 Å². The standard InChI is InChI=1S/C22H33FN6O/c1-4-24-20(26-16-22(2,3)17-9-7-10-18(23)15-17)25-12-8-14-29-21(30)28-13-6-5-11-19(28)27-29/h7,9-10,15H,4-6,8,11-14,16H2,1-3H3,(H2,24,25,26). The number of rotatable bonds is 8. The van der Waals surface area contributed by atoms with Gasteiger partial charge in [0.2, 0.25) is 0 Å². The molecule has 2 aromatic rings. The van der Waals surface area contributed by atoms with Crippen molar-refractivity contribution in [3.8, 4) is 0 Å². The van der Waals surface area contributed by atoms with E-state index in [1.54, 1.807) is 21.4 Å². The van der Waals surface area contributed by atoms with E-state index in [-0.39, 0.29) is 16.9 Å². The molecule has 0 atom stereocenters. The molecule has 8 heteroatoms. The lowest BCUT2D eigenvalue weighted by Crippen LogP contribution is -2.39. The van der Waals surface area contributed by atoms with Gasteiger partial charge in [-0.05, 0) is 43.9 Å². The van der Waals surface area contributed by atoms with Gasteiger partial charge in [-0.1, -0.05) is 26.0 Å².